The monoisotopic (exact) mass is 321 g/mol. The van der Waals surface area contributed by atoms with E-state index in [0.717, 1.165) is 11.0 Å². The van der Waals surface area contributed by atoms with Gasteiger partial charge in [-0.2, -0.15) is 13.2 Å². The molecule has 2 rings (SSSR count). The second-order valence-corrected chi connectivity index (χ2v) is 4.77. The molecule has 0 N–H and O–H groups in total. The summed E-state index contributed by atoms with van der Waals surface area (Å²) in [5, 5.41) is 0. The first-order chi connectivity index (χ1) is 8.29. The van der Waals surface area contributed by atoms with Gasteiger partial charge >= 0.3 is 6.18 Å². The van der Waals surface area contributed by atoms with E-state index in [2.05, 4.69) is 15.9 Å². The number of hydrogen-bond acceptors (Lipinski definition) is 2. The van der Waals surface area contributed by atoms with Gasteiger partial charge in [0.1, 0.15) is 0 Å². The lowest BCUT2D eigenvalue weighted by molar-refractivity contribution is -0.137. The maximum absolute atomic E-state index is 12.8. The summed E-state index contributed by atoms with van der Waals surface area (Å²) in [6, 6.07) is 3.32. The van der Waals surface area contributed by atoms with Crippen LogP contribution < -0.4 is 4.90 Å². The van der Waals surface area contributed by atoms with Crippen LogP contribution in [0.25, 0.3) is 0 Å². The SMILES string of the molecule is O=C1CC(=O)N(c2cc(Br)ccc2C(F)(F)F)C1. The van der Waals surface area contributed by atoms with Crippen LogP contribution in [0.1, 0.15) is 12.0 Å². The van der Waals surface area contributed by atoms with E-state index in [1.54, 1.807) is 0 Å². The topological polar surface area (TPSA) is 37.4 Å². The highest BCUT2D eigenvalue weighted by Crippen LogP contribution is 2.39. The van der Waals surface area contributed by atoms with Gasteiger partial charge in [0.15, 0.2) is 5.78 Å². The lowest BCUT2D eigenvalue weighted by atomic mass is 10.1. The number of carbonyl (C=O) groups is 2. The molecular formula is C11H7BrF3NO2. The Morgan fingerprint density at radius 2 is 1.89 bits per heavy atom. The van der Waals surface area contributed by atoms with E-state index in [9.17, 15) is 22.8 Å². The van der Waals surface area contributed by atoms with E-state index >= 15 is 0 Å². The smallest absolute Gasteiger partial charge is 0.304 e. The number of benzene rings is 1. The largest absolute Gasteiger partial charge is 0.418 e. The molecule has 0 atom stereocenters. The third kappa shape index (κ3) is 2.40. The fraction of sp³-hybridized carbons (Fsp3) is 0.273. The number of rotatable bonds is 1. The van der Waals surface area contributed by atoms with Gasteiger partial charge in [-0.25, -0.2) is 0 Å². The normalized spacial score (nSPS) is 16.6. The molecule has 0 spiro atoms. The zero-order valence-electron chi connectivity index (χ0n) is 8.92. The minimum absolute atomic E-state index is 0.285. The molecule has 1 fully saturated rings. The Morgan fingerprint density at radius 1 is 1.22 bits per heavy atom. The van der Waals surface area contributed by atoms with Crippen LogP contribution in [-0.2, 0) is 15.8 Å². The second-order valence-electron chi connectivity index (χ2n) is 3.85. The zero-order chi connectivity index (χ0) is 13.5. The fourth-order valence-electron chi connectivity index (χ4n) is 1.77. The highest BCUT2D eigenvalue weighted by molar-refractivity contribution is 9.10. The predicted molar refractivity (Wildman–Crippen MR) is 61.1 cm³/mol. The van der Waals surface area contributed by atoms with E-state index in [1.807, 2.05) is 0 Å². The van der Waals surface area contributed by atoms with Crippen LogP contribution in [0.2, 0.25) is 0 Å². The molecule has 0 radical (unpaired) electrons. The number of alkyl halides is 3. The zero-order valence-corrected chi connectivity index (χ0v) is 10.5. The molecule has 1 heterocycles. The summed E-state index contributed by atoms with van der Waals surface area (Å²) in [5.74, 6) is -0.989. The van der Waals surface area contributed by atoms with Crippen molar-refractivity contribution >= 4 is 33.3 Å². The molecule has 0 aliphatic carbocycles. The van der Waals surface area contributed by atoms with Gasteiger partial charge in [-0.15, -0.1) is 0 Å². The summed E-state index contributed by atoms with van der Waals surface area (Å²) in [4.78, 5) is 23.5. The van der Waals surface area contributed by atoms with Gasteiger partial charge < -0.3 is 4.90 Å². The van der Waals surface area contributed by atoms with Crippen molar-refractivity contribution in [1.82, 2.24) is 0 Å². The summed E-state index contributed by atoms with van der Waals surface area (Å²) in [7, 11) is 0. The number of carbonyl (C=O) groups excluding carboxylic acids is 2. The molecule has 1 aromatic rings. The second kappa shape index (κ2) is 4.38. The third-order valence-electron chi connectivity index (χ3n) is 2.54. The Bertz CT molecular complexity index is 528. The molecule has 0 saturated carbocycles. The lowest BCUT2D eigenvalue weighted by Crippen LogP contribution is -2.27. The van der Waals surface area contributed by atoms with Crippen LogP contribution in [-0.4, -0.2) is 18.2 Å². The van der Waals surface area contributed by atoms with Gasteiger partial charge in [-0.05, 0) is 18.2 Å². The Labute approximate surface area is 109 Å². The number of anilines is 1. The van der Waals surface area contributed by atoms with E-state index in [4.69, 9.17) is 0 Å². The van der Waals surface area contributed by atoms with Crippen LogP contribution >= 0.6 is 15.9 Å². The summed E-state index contributed by atoms with van der Waals surface area (Å²) < 4.78 is 38.9. The van der Waals surface area contributed by atoms with Gasteiger partial charge in [0, 0.05) is 4.47 Å². The molecule has 0 bridgehead atoms. The molecule has 0 aromatic heterocycles. The van der Waals surface area contributed by atoms with Gasteiger partial charge in [0.25, 0.3) is 0 Å². The molecular weight excluding hydrogens is 315 g/mol. The van der Waals surface area contributed by atoms with Crippen molar-refractivity contribution in [3.63, 3.8) is 0 Å². The Balaban J connectivity index is 2.52. The molecule has 1 amide bonds. The maximum atomic E-state index is 12.8. The highest BCUT2D eigenvalue weighted by atomic mass is 79.9. The van der Waals surface area contributed by atoms with Crippen molar-refractivity contribution in [2.75, 3.05) is 11.4 Å². The molecule has 1 aromatic carbocycles. The van der Waals surface area contributed by atoms with Gasteiger partial charge in [0.2, 0.25) is 5.91 Å². The first-order valence-corrected chi connectivity index (χ1v) is 5.77. The standard InChI is InChI=1S/C11H7BrF3NO2/c12-6-1-2-8(11(13,14)15)9(3-6)16-5-7(17)4-10(16)18/h1-3H,4-5H2. The van der Waals surface area contributed by atoms with Crippen molar-refractivity contribution in [1.29, 1.82) is 0 Å². The van der Waals surface area contributed by atoms with Crippen LogP contribution in [0.4, 0.5) is 18.9 Å². The summed E-state index contributed by atoms with van der Waals surface area (Å²) in [5.41, 5.74) is -1.21. The molecule has 3 nitrogen and oxygen atoms in total. The van der Waals surface area contributed by atoms with Gasteiger partial charge in [0.05, 0.1) is 24.2 Å². The number of amides is 1. The molecule has 7 heteroatoms. The summed E-state index contributed by atoms with van der Waals surface area (Å²) in [6.07, 6.45) is -4.91. The first-order valence-electron chi connectivity index (χ1n) is 4.98. The molecule has 1 aliphatic heterocycles. The van der Waals surface area contributed by atoms with E-state index in [-0.39, 0.29) is 24.4 Å². The number of Topliss-reactive ketones (excluding diaryl/α,β-unsaturated/α-hetero) is 1. The van der Waals surface area contributed by atoms with Crippen molar-refractivity contribution in [2.24, 2.45) is 0 Å². The van der Waals surface area contributed by atoms with E-state index in [0.29, 0.717) is 4.47 Å². The van der Waals surface area contributed by atoms with Crippen molar-refractivity contribution in [3.8, 4) is 0 Å². The van der Waals surface area contributed by atoms with Gasteiger partial charge in [-0.3, -0.25) is 9.59 Å². The number of ketones is 1. The minimum Gasteiger partial charge on any atom is -0.304 e. The summed E-state index contributed by atoms with van der Waals surface area (Å²) >= 11 is 3.05. The van der Waals surface area contributed by atoms with Gasteiger partial charge in [-0.1, -0.05) is 15.9 Å². The molecule has 0 unspecified atom stereocenters. The molecule has 1 aliphatic rings. The van der Waals surface area contributed by atoms with Crippen molar-refractivity contribution < 1.29 is 22.8 Å². The van der Waals surface area contributed by atoms with E-state index in [1.165, 1.54) is 12.1 Å². The fourth-order valence-corrected chi connectivity index (χ4v) is 2.12. The summed E-state index contributed by atoms with van der Waals surface area (Å²) in [6.45, 7) is -0.307. The first kappa shape index (κ1) is 13.1. The maximum Gasteiger partial charge on any atom is 0.418 e. The number of nitrogens with zero attached hydrogens (tertiary/aromatic N) is 1. The Hall–Kier alpha value is -1.37. The predicted octanol–water partition coefficient (Wildman–Crippen LogP) is 2.77. The van der Waals surface area contributed by atoms with Crippen LogP contribution in [0.15, 0.2) is 22.7 Å². The van der Waals surface area contributed by atoms with Crippen LogP contribution in [0.3, 0.4) is 0 Å². The minimum atomic E-state index is -4.57. The average Bonchev–Trinajstić information content (AvgIpc) is 2.55. The molecule has 18 heavy (non-hydrogen) atoms. The van der Waals surface area contributed by atoms with Crippen LogP contribution in [0, 0.1) is 0 Å². The molecule has 96 valence electrons. The molecule has 1 saturated heterocycles. The Kier molecular flexibility index (Phi) is 3.18. The Morgan fingerprint density at radius 3 is 2.39 bits per heavy atom. The number of hydrogen-bond donors (Lipinski definition) is 0. The third-order valence-corrected chi connectivity index (χ3v) is 3.03. The van der Waals surface area contributed by atoms with E-state index < -0.39 is 17.6 Å². The lowest BCUT2D eigenvalue weighted by Gasteiger charge is -2.20. The highest BCUT2D eigenvalue weighted by Gasteiger charge is 2.38. The average molecular weight is 322 g/mol. The van der Waals surface area contributed by atoms with Crippen LogP contribution in [0.5, 0.6) is 0 Å². The van der Waals surface area contributed by atoms with Crippen molar-refractivity contribution in [2.45, 2.75) is 12.6 Å². The van der Waals surface area contributed by atoms with Crippen molar-refractivity contribution in [3.05, 3.63) is 28.2 Å². The quantitative estimate of drug-likeness (QED) is 0.746. The number of halogens is 4.